The highest BCUT2D eigenvalue weighted by atomic mass is 15.1. The highest BCUT2D eigenvalue weighted by Gasteiger charge is 2.01. The molecule has 0 fully saturated rings. The zero-order valence-electron chi connectivity index (χ0n) is 10.3. The molecular weight excluding hydrogens is 210 g/mol. The number of aryl methyl sites for hydroxylation is 1. The van der Waals surface area contributed by atoms with Crippen LogP contribution in [0.5, 0.6) is 0 Å². The van der Waals surface area contributed by atoms with E-state index in [2.05, 4.69) is 53.4 Å². The summed E-state index contributed by atoms with van der Waals surface area (Å²) in [6, 6.07) is 10.3. The Morgan fingerprint density at radius 1 is 1.12 bits per heavy atom. The first-order valence-electron chi connectivity index (χ1n) is 5.93. The van der Waals surface area contributed by atoms with Gasteiger partial charge in [-0.2, -0.15) is 0 Å². The zero-order chi connectivity index (χ0) is 12.1. The molecule has 1 aromatic carbocycles. The van der Waals surface area contributed by atoms with Crippen LogP contribution in [0.4, 0.5) is 5.95 Å². The van der Waals surface area contributed by atoms with Crippen LogP contribution in [0.3, 0.4) is 0 Å². The Labute approximate surface area is 102 Å². The summed E-state index contributed by atoms with van der Waals surface area (Å²) in [5, 5.41) is 3.19. The second-order valence-electron chi connectivity index (χ2n) is 4.06. The molecule has 88 valence electrons. The van der Waals surface area contributed by atoms with Crippen molar-refractivity contribution >= 4 is 5.95 Å². The van der Waals surface area contributed by atoms with Crippen molar-refractivity contribution in [2.24, 2.45) is 0 Å². The van der Waals surface area contributed by atoms with Crippen LogP contribution in [0, 0.1) is 6.92 Å². The average Bonchev–Trinajstić information content (AvgIpc) is 2.37. The summed E-state index contributed by atoms with van der Waals surface area (Å²) in [7, 11) is 0. The van der Waals surface area contributed by atoms with Gasteiger partial charge in [-0.1, -0.05) is 36.8 Å². The van der Waals surface area contributed by atoms with Gasteiger partial charge in [0.15, 0.2) is 0 Å². The van der Waals surface area contributed by atoms with Crippen molar-refractivity contribution in [3.63, 3.8) is 0 Å². The van der Waals surface area contributed by atoms with Crippen molar-refractivity contribution in [2.45, 2.75) is 20.3 Å². The van der Waals surface area contributed by atoms with Gasteiger partial charge in [-0.05, 0) is 19.4 Å². The molecule has 0 aliphatic heterocycles. The molecule has 3 heteroatoms. The summed E-state index contributed by atoms with van der Waals surface area (Å²) in [5.41, 5.74) is 3.34. The summed E-state index contributed by atoms with van der Waals surface area (Å²) in [5.74, 6) is 0.699. The molecule has 0 amide bonds. The number of rotatable bonds is 4. The van der Waals surface area contributed by atoms with Gasteiger partial charge < -0.3 is 5.32 Å². The third kappa shape index (κ3) is 3.03. The number of nitrogens with zero attached hydrogens (tertiary/aromatic N) is 2. The van der Waals surface area contributed by atoms with Gasteiger partial charge in [-0.25, -0.2) is 9.97 Å². The Hall–Kier alpha value is -1.90. The molecule has 0 aliphatic rings. The van der Waals surface area contributed by atoms with Crippen LogP contribution in [-0.2, 0) is 0 Å². The molecule has 1 aromatic heterocycles. The molecule has 2 aromatic rings. The van der Waals surface area contributed by atoms with E-state index in [4.69, 9.17) is 0 Å². The summed E-state index contributed by atoms with van der Waals surface area (Å²) in [6.07, 6.45) is 2.86. The van der Waals surface area contributed by atoms with Crippen molar-refractivity contribution in [2.75, 3.05) is 11.9 Å². The maximum Gasteiger partial charge on any atom is 0.223 e. The Morgan fingerprint density at radius 2 is 1.88 bits per heavy atom. The van der Waals surface area contributed by atoms with Crippen molar-refractivity contribution in [3.8, 4) is 11.3 Å². The molecule has 1 heterocycles. The smallest absolute Gasteiger partial charge is 0.223 e. The van der Waals surface area contributed by atoms with Crippen molar-refractivity contribution in [3.05, 3.63) is 42.1 Å². The van der Waals surface area contributed by atoms with E-state index in [1.807, 2.05) is 6.07 Å². The van der Waals surface area contributed by atoms with Crippen molar-refractivity contribution in [1.29, 1.82) is 0 Å². The predicted octanol–water partition coefficient (Wildman–Crippen LogP) is 3.27. The van der Waals surface area contributed by atoms with Gasteiger partial charge in [0.05, 0.1) is 5.69 Å². The molecule has 2 rings (SSSR count). The summed E-state index contributed by atoms with van der Waals surface area (Å²) < 4.78 is 0. The van der Waals surface area contributed by atoms with E-state index in [1.165, 1.54) is 5.56 Å². The molecule has 1 N–H and O–H groups in total. The lowest BCUT2D eigenvalue weighted by Gasteiger charge is -2.05. The topological polar surface area (TPSA) is 37.8 Å². The van der Waals surface area contributed by atoms with Gasteiger partial charge in [-0.15, -0.1) is 0 Å². The highest BCUT2D eigenvalue weighted by Crippen LogP contribution is 2.17. The molecule has 0 unspecified atom stereocenters. The molecule has 0 atom stereocenters. The third-order valence-corrected chi connectivity index (χ3v) is 2.54. The summed E-state index contributed by atoms with van der Waals surface area (Å²) in [6.45, 7) is 5.10. The van der Waals surface area contributed by atoms with Gasteiger partial charge in [0.1, 0.15) is 0 Å². The minimum absolute atomic E-state index is 0.699. The molecular formula is C14H17N3. The van der Waals surface area contributed by atoms with Crippen LogP contribution in [0.25, 0.3) is 11.3 Å². The quantitative estimate of drug-likeness (QED) is 0.871. The number of hydrogen-bond donors (Lipinski definition) is 1. The molecule has 0 radical (unpaired) electrons. The first-order valence-corrected chi connectivity index (χ1v) is 5.93. The van der Waals surface area contributed by atoms with Crippen LogP contribution >= 0.6 is 0 Å². The Balaban J connectivity index is 2.23. The van der Waals surface area contributed by atoms with E-state index in [9.17, 15) is 0 Å². The van der Waals surface area contributed by atoms with E-state index < -0.39 is 0 Å². The molecule has 0 aliphatic carbocycles. The lowest BCUT2D eigenvalue weighted by molar-refractivity contribution is 0.953. The zero-order valence-corrected chi connectivity index (χ0v) is 10.3. The van der Waals surface area contributed by atoms with Crippen LogP contribution in [-0.4, -0.2) is 16.5 Å². The molecule has 17 heavy (non-hydrogen) atoms. The normalized spacial score (nSPS) is 10.2. The number of benzene rings is 1. The SMILES string of the molecule is CCCNc1nccc(-c2ccc(C)cc2)n1. The minimum atomic E-state index is 0.699. The van der Waals surface area contributed by atoms with Crippen LogP contribution in [0.2, 0.25) is 0 Å². The molecule has 0 saturated carbocycles. The van der Waals surface area contributed by atoms with E-state index in [-0.39, 0.29) is 0 Å². The van der Waals surface area contributed by atoms with Crippen molar-refractivity contribution in [1.82, 2.24) is 9.97 Å². The van der Waals surface area contributed by atoms with Gasteiger partial charge >= 0.3 is 0 Å². The standard InChI is InChI=1S/C14H17N3/c1-3-9-15-14-16-10-8-13(17-14)12-6-4-11(2)5-7-12/h4-8,10H,3,9H2,1-2H3,(H,15,16,17). The monoisotopic (exact) mass is 227 g/mol. The number of aromatic nitrogens is 2. The molecule has 0 bridgehead atoms. The Bertz CT molecular complexity index is 477. The largest absolute Gasteiger partial charge is 0.354 e. The molecule has 0 spiro atoms. The maximum atomic E-state index is 4.49. The second-order valence-corrected chi connectivity index (χ2v) is 4.06. The highest BCUT2D eigenvalue weighted by molar-refractivity contribution is 5.60. The van der Waals surface area contributed by atoms with Crippen LogP contribution in [0.1, 0.15) is 18.9 Å². The average molecular weight is 227 g/mol. The molecule has 3 nitrogen and oxygen atoms in total. The number of nitrogens with one attached hydrogen (secondary N) is 1. The second kappa shape index (κ2) is 5.43. The fourth-order valence-electron chi connectivity index (χ4n) is 1.57. The van der Waals surface area contributed by atoms with Gasteiger partial charge in [0.2, 0.25) is 5.95 Å². The Kier molecular flexibility index (Phi) is 3.70. The first kappa shape index (κ1) is 11.6. The van der Waals surface area contributed by atoms with Crippen LogP contribution in [0.15, 0.2) is 36.5 Å². The summed E-state index contributed by atoms with van der Waals surface area (Å²) >= 11 is 0. The number of anilines is 1. The lowest BCUT2D eigenvalue weighted by Crippen LogP contribution is -2.04. The first-order chi connectivity index (χ1) is 8.29. The van der Waals surface area contributed by atoms with Gasteiger partial charge in [-0.3, -0.25) is 0 Å². The fraction of sp³-hybridized carbons (Fsp3) is 0.286. The molecule has 0 saturated heterocycles. The summed E-state index contributed by atoms with van der Waals surface area (Å²) in [4.78, 5) is 8.69. The van der Waals surface area contributed by atoms with E-state index in [0.717, 1.165) is 24.2 Å². The van der Waals surface area contributed by atoms with E-state index in [1.54, 1.807) is 6.20 Å². The Morgan fingerprint density at radius 3 is 2.59 bits per heavy atom. The van der Waals surface area contributed by atoms with Gasteiger partial charge in [0, 0.05) is 18.3 Å². The fourth-order valence-corrected chi connectivity index (χ4v) is 1.57. The van der Waals surface area contributed by atoms with Gasteiger partial charge in [0.25, 0.3) is 0 Å². The third-order valence-electron chi connectivity index (χ3n) is 2.54. The van der Waals surface area contributed by atoms with E-state index >= 15 is 0 Å². The number of hydrogen-bond acceptors (Lipinski definition) is 3. The van der Waals surface area contributed by atoms with E-state index in [0.29, 0.717) is 5.95 Å². The van der Waals surface area contributed by atoms with Crippen LogP contribution < -0.4 is 5.32 Å². The lowest BCUT2D eigenvalue weighted by atomic mass is 10.1. The van der Waals surface area contributed by atoms with Crippen molar-refractivity contribution < 1.29 is 0 Å². The predicted molar refractivity (Wildman–Crippen MR) is 71.0 cm³/mol. The minimum Gasteiger partial charge on any atom is -0.354 e. The maximum absolute atomic E-state index is 4.49.